The number of nitrogens with one attached hydrogen (secondary N) is 2. The lowest BCUT2D eigenvalue weighted by Gasteiger charge is -2.18. The number of nitrogens with zero attached hydrogens (tertiary/aromatic N) is 3. The minimum absolute atomic E-state index is 0.164. The van der Waals surface area contributed by atoms with Crippen LogP contribution < -0.4 is 15.4 Å². The molecular formula is C16H19N5O2. The lowest BCUT2D eigenvalue weighted by atomic mass is 10.2. The highest BCUT2D eigenvalue weighted by atomic mass is 16.5. The molecule has 0 radical (unpaired) electrons. The molecule has 2 aromatic rings. The molecule has 2 N–H and O–H groups in total. The predicted octanol–water partition coefficient (Wildman–Crippen LogP) is 2.20. The van der Waals surface area contributed by atoms with E-state index in [0.29, 0.717) is 18.9 Å². The standard InChI is InChI=1S/C16H19N5O2/c1-23-15-17-9-7-14(19-15)20-16(22)21-10-8-13(11-21)18-12-5-3-2-4-6-12/h2-7,9,13,18H,8,10-11H2,1H3,(H,17,19,20,22). The molecule has 1 atom stereocenters. The Hall–Kier alpha value is -2.83. The van der Waals surface area contributed by atoms with E-state index in [1.54, 1.807) is 17.2 Å². The molecule has 1 unspecified atom stereocenters. The average Bonchev–Trinajstić information content (AvgIpc) is 3.04. The van der Waals surface area contributed by atoms with Crippen LogP contribution in [-0.2, 0) is 0 Å². The molecule has 0 bridgehead atoms. The Morgan fingerprint density at radius 2 is 2.13 bits per heavy atom. The second kappa shape index (κ2) is 6.95. The van der Waals surface area contributed by atoms with Crippen molar-refractivity contribution < 1.29 is 9.53 Å². The Balaban J connectivity index is 1.55. The molecule has 120 valence electrons. The highest BCUT2D eigenvalue weighted by molar-refractivity contribution is 5.88. The van der Waals surface area contributed by atoms with Gasteiger partial charge in [-0.3, -0.25) is 5.32 Å². The monoisotopic (exact) mass is 313 g/mol. The highest BCUT2D eigenvalue weighted by Gasteiger charge is 2.26. The van der Waals surface area contributed by atoms with Crippen LogP contribution in [0.25, 0.3) is 0 Å². The van der Waals surface area contributed by atoms with E-state index in [1.807, 2.05) is 30.3 Å². The Labute approximate surface area is 134 Å². The summed E-state index contributed by atoms with van der Waals surface area (Å²) in [6.45, 7) is 1.36. The fourth-order valence-corrected chi connectivity index (χ4v) is 2.53. The van der Waals surface area contributed by atoms with Gasteiger partial charge in [0.2, 0.25) is 0 Å². The zero-order chi connectivity index (χ0) is 16.1. The van der Waals surface area contributed by atoms with E-state index in [0.717, 1.165) is 12.1 Å². The van der Waals surface area contributed by atoms with Crippen molar-refractivity contribution in [2.75, 3.05) is 30.8 Å². The van der Waals surface area contributed by atoms with Crippen molar-refractivity contribution in [2.45, 2.75) is 12.5 Å². The Morgan fingerprint density at radius 1 is 1.30 bits per heavy atom. The van der Waals surface area contributed by atoms with Gasteiger partial charge < -0.3 is 15.0 Å². The van der Waals surface area contributed by atoms with Gasteiger partial charge in [0.15, 0.2) is 0 Å². The highest BCUT2D eigenvalue weighted by Crippen LogP contribution is 2.17. The largest absolute Gasteiger partial charge is 0.467 e. The van der Waals surface area contributed by atoms with Gasteiger partial charge in [-0.2, -0.15) is 4.98 Å². The molecule has 23 heavy (non-hydrogen) atoms. The Morgan fingerprint density at radius 3 is 2.91 bits per heavy atom. The summed E-state index contributed by atoms with van der Waals surface area (Å²) >= 11 is 0. The summed E-state index contributed by atoms with van der Waals surface area (Å²) < 4.78 is 4.95. The summed E-state index contributed by atoms with van der Waals surface area (Å²) in [6.07, 6.45) is 2.46. The number of carbonyl (C=O) groups is 1. The molecule has 1 aromatic heterocycles. The van der Waals surface area contributed by atoms with Gasteiger partial charge in [-0.25, -0.2) is 9.78 Å². The molecule has 0 spiro atoms. The van der Waals surface area contributed by atoms with Crippen molar-refractivity contribution in [3.63, 3.8) is 0 Å². The molecule has 1 aliphatic rings. The van der Waals surface area contributed by atoms with Crippen LogP contribution in [0.4, 0.5) is 16.3 Å². The quantitative estimate of drug-likeness (QED) is 0.904. The molecule has 2 heterocycles. The number of anilines is 2. The van der Waals surface area contributed by atoms with Gasteiger partial charge >= 0.3 is 12.0 Å². The van der Waals surface area contributed by atoms with Crippen LogP contribution in [-0.4, -0.2) is 47.1 Å². The number of methoxy groups -OCH3 is 1. The molecule has 7 heteroatoms. The van der Waals surface area contributed by atoms with Crippen LogP contribution in [0.15, 0.2) is 42.6 Å². The van der Waals surface area contributed by atoms with E-state index < -0.39 is 0 Å². The van der Waals surface area contributed by atoms with Gasteiger partial charge in [0.25, 0.3) is 0 Å². The Kier molecular flexibility index (Phi) is 4.56. The van der Waals surface area contributed by atoms with Crippen molar-refractivity contribution in [3.8, 4) is 6.01 Å². The van der Waals surface area contributed by atoms with Crippen molar-refractivity contribution in [1.82, 2.24) is 14.9 Å². The van der Waals surface area contributed by atoms with Gasteiger partial charge in [0.1, 0.15) is 5.82 Å². The Bertz CT molecular complexity index is 665. The molecular weight excluding hydrogens is 294 g/mol. The molecule has 1 saturated heterocycles. The number of aromatic nitrogens is 2. The smallest absolute Gasteiger partial charge is 0.323 e. The first-order valence-corrected chi connectivity index (χ1v) is 7.49. The lowest BCUT2D eigenvalue weighted by Crippen LogP contribution is -2.35. The van der Waals surface area contributed by atoms with Gasteiger partial charge in [-0.05, 0) is 24.6 Å². The van der Waals surface area contributed by atoms with Crippen molar-refractivity contribution in [3.05, 3.63) is 42.6 Å². The zero-order valence-electron chi connectivity index (χ0n) is 12.9. The maximum atomic E-state index is 12.3. The second-order valence-electron chi connectivity index (χ2n) is 5.30. The number of hydrogen-bond acceptors (Lipinski definition) is 5. The summed E-state index contributed by atoms with van der Waals surface area (Å²) in [4.78, 5) is 22.1. The molecule has 0 aliphatic carbocycles. The first-order valence-electron chi connectivity index (χ1n) is 7.49. The third-order valence-corrected chi connectivity index (χ3v) is 3.67. The number of benzene rings is 1. The van der Waals surface area contributed by atoms with Crippen molar-refractivity contribution >= 4 is 17.5 Å². The number of amides is 2. The van der Waals surface area contributed by atoms with Crippen LogP contribution in [0.3, 0.4) is 0 Å². The first kappa shape index (κ1) is 15.1. The summed E-state index contributed by atoms with van der Waals surface area (Å²) in [7, 11) is 1.49. The summed E-state index contributed by atoms with van der Waals surface area (Å²) in [6, 6.07) is 12.0. The molecule has 0 saturated carbocycles. The number of ether oxygens (including phenoxy) is 1. The van der Waals surface area contributed by atoms with E-state index in [1.165, 1.54) is 7.11 Å². The lowest BCUT2D eigenvalue weighted by molar-refractivity contribution is 0.222. The van der Waals surface area contributed by atoms with E-state index in [9.17, 15) is 4.79 Å². The number of para-hydroxylation sites is 1. The molecule has 1 fully saturated rings. The molecule has 3 rings (SSSR count). The summed E-state index contributed by atoms with van der Waals surface area (Å²) in [5, 5.41) is 6.21. The van der Waals surface area contributed by atoms with E-state index in [2.05, 4.69) is 20.6 Å². The summed E-state index contributed by atoms with van der Waals surface area (Å²) in [5.41, 5.74) is 1.07. The van der Waals surface area contributed by atoms with Crippen LogP contribution in [0, 0.1) is 0 Å². The van der Waals surface area contributed by atoms with Crippen molar-refractivity contribution in [1.29, 1.82) is 0 Å². The molecule has 7 nitrogen and oxygen atoms in total. The number of hydrogen-bond donors (Lipinski definition) is 2. The zero-order valence-corrected chi connectivity index (χ0v) is 12.9. The van der Waals surface area contributed by atoms with Crippen LogP contribution in [0.5, 0.6) is 6.01 Å². The van der Waals surface area contributed by atoms with E-state index >= 15 is 0 Å². The molecule has 2 amide bonds. The van der Waals surface area contributed by atoms with Crippen LogP contribution in [0.2, 0.25) is 0 Å². The normalized spacial score (nSPS) is 16.9. The molecule has 1 aliphatic heterocycles. The third-order valence-electron chi connectivity index (χ3n) is 3.67. The van der Waals surface area contributed by atoms with Gasteiger partial charge in [-0.15, -0.1) is 0 Å². The van der Waals surface area contributed by atoms with Crippen LogP contribution in [0.1, 0.15) is 6.42 Å². The average molecular weight is 313 g/mol. The third kappa shape index (κ3) is 3.88. The summed E-state index contributed by atoms with van der Waals surface area (Å²) in [5.74, 6) is 0.432. The maximum absolute atomic E-state index is 12.3. The molecule has 1 aromatic carbocycles. The number of rotatable bonds is 4. The topological polar surface area (TPSA) is 79.4 Å². The van der Waals surface area contributed by atoms with Gasteiger partial charge in [0, 0.05) is 31.0 Å². The van der Waals surface area contributed by atoms with Crippen LogP contribution >= 0.6 is 0 Å². The van der Waals surface area contributed by atoms with Gasteiger partial charge in [-0.1, -0.05) is 18.2 Å². The number of carbonyl (C=O) groups excluding carboxylic acids is 1. The SMILES string of the molecule is COc1nccc(NC(=O)N2CCC(Nc3ccccc3)C2)n1. The fraction of sp³-hybridized carbons (Fsp3) is 0.312. The van der Waals surface area contributed by atoms with Crippen molar-refractivity contribution in [2.24, 2.45) is 0 Å². The van der Waals surface area contributed by atoms with Gasteiger partial charge in [0.05, 0.1) is 7.11 Å². The minimum Gasteiger partial charge on any atom is -0.467 e. The predicted molar refractivity (Wildman–Crippen MR) is 87.6 cm³/mol. The fourth-order valence-electron chi connectivity index (χ4n) is 2.53. The van der Waals surface area contributed by atoms with E-state index in [4.69, 9.17) is 4.74 Å². The van der Waals surface area contributed by atoms with E-state index in [-0.39, 0.29) is 18.1 Å². The minimum atomic E-state index is -0.164. The second-order valence-corrected chi connectivity index (χ2v) is 5.30. The maximum Gasteiger partial charge on any atom is 0.323 e. The number of urea groups is 1. The number of likely N-dealkylation sites (tertiary alicyclic amines) is 1. The first-order chi connectivity index (χ1) is 11.2.